The minimum Gasteiger partial charge on any atom is -0.486 e. The van der Waals surface area contributed by atoms with Crippen molar-refractivity contribution in [1.29, 1.82) is 0 Å². The molecule has 3 heteroatoms. The summed E-state index contributed by atoms with van der Waals surface area (Å²) in [7, 11) is 0. The van der Waals surface area contributed by atoms with E-state index < -0.39 is 0 Å². The largest absolute Gasteiger partial charge is 0.486 e. The van der Waals surface area contributed by atoms with Crippen LogP contribution < -0.4 is 14.8 Å². The molecule has 0 unspecified atom stereocenters. The van der Waals surface area contributed by atoms with Crippen LogP contribution in [0.3, 0.4) is 0 Å². The van der Waals surface area contributed by atoms with Crippen molar-refractivity contribution < 1.29 is 9.47 Å². The van der Waals surface area contributed by atoms with Gasteiger partial charge in [0.15, 0.2) is 11.5 Å². The van der Waals surface area contributed by atoms with Crippen LogP contribution in [0.1, 0.15) is 11.1 Å². The summed E-state index contributed by atoms with van der Waals surface area (Å²) in [6, 6.07) is 14.4. The fourth-order valence-corrected chi connectivity index (χ4v) is 2.16. The van der Waals surface area contributed by atoms with E-state index in [0.29, 0.717) is 13.2 Å². The van der Waals surface area contributed by atoms with Crippen molar-refractivity contribution in [3.05, 3.63) is 53.6 Å². The molecule has 0 radical (unpaired) electrons. The van der Waals surface area contributed by atoms with Gasteiger partial charge in [-0.1, -0.05) is 24.3 Å². The highest BCUT2D eigenvalue weighted by atomic mass is 16.6. The first kappa shape index (κ1) is 11.9. The van der Waals surface area contributed by atoms with Gasteiger partial charge in [0.1, 0.15) is 13.2 Å². The van der Waals surface area contributed by atoms with Crippen LogP contribution in [0.15, 0.2) is 42.5 Å². The average Bonchev–Trinajstić information content (AvgIpc) is 2.46. The smallest absolute Gasteiger partial charge is 0.163 e. The first-order valence-corrected chi connectivity index (χ1v) is 6.51. The highest BCUT2D eigenvalue weighted by Crippen LogP contribution is 2.32. The number of benzene rings is 2. The van der Waals surface area contributed by atoms with Gasteiger partial charge in [-0.2, -0.15) is 0 Å². The summed E-state index contributed by atoms with van der Waals surface area (Å²) < 4.78 is 11.1. The molecule has 0 spiro atoms. The first-order valence-electron chi connectivity index (χ1n) is 6.51. The Morgan fingerprint density at radius 2 is 1.79 bits per heavy atom. The Labute approximate surface area is 113 Å². The van der Waals surface area contributed by atoms with Gasteiger partial charge in [0.25, 0.3) is 0 Å². The Morgan fingerprint density at radius 3 is 2.63 bits per heavy atom. The number of anilines is 1. The Bertz CT molecular complexity index is 581. The molecule has 3 nitrogen and oxygen atoms in total. The standard InChI is InChI=1S/C16H17NO2/c1-12-4-2-3-5-13(12)11-17-14-6-7-15-16(10-14)19-9-8-18-15/h2-7,10,17H,8-9,11H2,1H3. The van der Waals surface area contributed by atoms with Crippen molar-refractivity contribution in [3.8, 4) is 11.5 Å². The van der Waals surface area contributed by atoms with Crippen molar-refractivity contribution in [2.24, 2.45) is 0 Å². The minimum atomic E-state index is 0.619. The maximum absolute atomic E-state index is 5.57. The van der Waals surface area contributed by atoms with E-state index in [1.807, 2.05) is 18.2 Å². The molecule has 0 saturated carbocycles. The van der Waals surface area contributed by atoms with Crippen LogP contribution in [-0.4, -0.2) is 13.2 Å². The molecular formula is C16H17NO2. The van der Waals surface area contributed by atoms with Crippen LogP contribution in [0, 0.1) is 6.92 Å². The van der Waals surface area contributed by atoms with Crippen molar-refractivity contribution in [1.82, 2.24) is 0 Å². The fourth-order valence-electron chi connectivity index (χ4n) is 2.16. The molecule has 0 saturated heterocycles. The first-order chi connectivity index (χ1) is 9.33. The van der Waals surface area contributed by atoms with E-state index in [-0.39, 0.29) is 0 Å². The van der Waals surface area contributed by atoms with E-state index in [1.165, 1.54) is 11.1 Å². The third-order valence-corrected chi connectivity index (χ3v) is 3.29. The number of hydrogen-bond donors (Lipinski definition) is 1. The third-order valence-electron chi connectivity index (χ3n) is 3.29. The molecule has 0 aromatic heterocycles. The molecule has 3 rings (SSSR count). The SMILES string of the molecule is Cc1ccccc1CNc1ccc2c(c1)OCCO2. The highest BCUT2D eigenvalue weighted by molar-refractivity contribution is 5.55. The number of nitrogens with one attached hydrogen (secondary N) is 1. The molecule has 2 aromatic carbocycles. The second-order valence-electron chi connectivity index (χ2n) is 4.64. The number of fused-ring (bicyclic) bond motifs is 1. The maximum atomic E-state index is 5.57. The lowest BCUT2D eigenvalue weighted by molar-refractivity contribution is 0.171. The quantitative estimate of drug-likeness (QED) is 0.912. The van der Waals surface area contributed by atoms with Crippen molar-refractivity contribution >= 4 is 5.69 Å². The van der Waals surface area contributed by atoms with Crippen LogP contribution in [0.4, 0.5) is 5.69 Å². The van der Waals surface area contributed by atoms with Crippen molar-refractivity contribution in [3.63, 3.8) is 0 Å². The zero-order valence-electron chi connectivity index (χ0n) is 11.0. The van der Waals surface area contributed by atoms with Crippen LogP contribution in [0.2, 0.25) is 0 Å². The molecule has 1 N–H and O–H groups in total. The molecule has 1 aliphatic heterocycles. The lowest BCUT2D eigenvalue weighted by atomic mass is 10.1. The molecule has 0 bridgehead atoms. The lowest BCUT2D eigenvalue weighted by Crippen LogP contribution is -2.15. The van der Waals surface area contributed by atoms with Crippen molar-refractivity contribution in [2.75, 3.05) is 18.5 Å². The summed E-state index contributed by atoms with van der Waals surface area (Å²) in [6.07, 6.45) is 0. The summed E-state index contributed by atoms with van der Waals surface area (Å²) in [5, 5.41) is 3.42. The Morgan fingerprint density at radius 1 is 1.00 bits per heavy atom. The van der Waals surface area contributed by atoms with Gasteiger partial charge in [-0.25, -0.2) is 0 Å². The Balaban J connectivity index is 1.72. The second kappa shape index (κ2) is 5.22. The zero-order valence-corrected chi connectivity index (χ0v) is 11.0. The predicted molar refractivity (Wildman–Crippen MR) is 75.9 cm³/mol. The molecule has 98 valence electrons. The molecule has 1 heterocycles. The molecule has 2 aromatic rings. The predicted octanol–water partition coefficient (Wildman–Crippen LogP) is 3.38. The van der Waals surface area contributed by atoms with Gasteiger partial charge in [-0.3, -0.25) is 0 Å². The van der Waals surface area contributed by atoms with Gasteiger partial charge in [0.05, 0.1) is 0 Å². The van der Waals surface area contributed by atoms with Gasteiger partial charge in [0.2, 0.25) is 0 Å². The van der Waals surface area contributed by atoms with E-state index in [2.05, 4.69) is 36.5 Å². The maximum Gasteiger partial charge on any atom is 0.163 e. The number of ether oxygens (including phenoxy) is 2. The zero-order chi connectivity index (χ0) is 13.1. The van der Waals surface area contributed by atoms with Crippen LogP contribution >= 0.6 is 0 Å². The second-order valence-corrected chi connectivity index (χ2v) is 4.64. The molecule has 0 atom stereocenters. The van der Waals surface area contributed by atoms with Crippen molar-refractivity contribution in [2.45, 2.75) is 13.5 Å². The van der Waals surface area contributed by atoms with Gasteiger partial charge in [-0.05, 0) is 30.2 Å². The van der Waals surface area contributed by atoms with E-state index in [4.69, 9.17) is 9.47 Å². The van der Waals surface area contributed by atoms with Crippen LogP contribution in [0.5, 0.6) is 11.5 Å². The lowest BCUT2D eigenvalue weighted by Gasteiger charge is -2.19. The van der Waals surface area contributed by atoms with Crippen LogP contribution in [0.25, 0.3) is 0 Å². The molecule has 19 heavy (non-hydrogen) atoms. The molecule has 0 fully saturated rings. The molecule has 0 amide bonds. The van der Waals surface area contributed by atoms with E-state index in [9.17, 15) is 0 Å². The van der Waals surface area contributed by atoms with Gasteiger partial charge in [-0.15, -0.1) is 0 Å². The topological polar surface area (TPSA) is 30.5 Å². The van der Waals surface area contributed by atoms with Gasteiger partial charge < -0.3 is 14.8 Å². The van der Waals surface area contributed by atoms with Gasteiger partial charge in [0, 0.05) is 18.3 Å². The highest BCUT2D eigenvalue weighted by Gasteiger charge is 2.11. The summed E-state index contributed by atoms with van der Waals surface area (Å²) in [5.41, 5.74) is 3.65. The summed E-state index contributed by atoms with van der Waals surface area (Å²) in [6.45, 7) is 4.18. The van der Waals surface area contributed by atoms with E-state index >= 15 is 0 Å². The summed E-state index contributed by atoms with van der Waals surface area (Å²) >= 11 is 0. The van der Waals surface area contributed by atoms with E-state index in [1.54, 1.807) is 0 Å². The normalized spacial score (nSPS) is 13.1. The van der Waals surface area contributed by atoms with Crippen LogP contribution in [-0.2, 0) is 6.54 Å². The average molecular weight is 255 g/mol. The molecular weight excluding hydrogens is 238 g/mol. The monoisotopic (exact) mass is 255 g/mol. The fraction of sp³-hybridized carbons (Fsp3) is 0.250. The minimum absolute atomic E-state index is 0.619. The van der Waals surface area contributed by atoms with E-state index in [0.717, 1.165) is 23.7 Å². The third kappa shape index (κ3) is 2.65. The van der Waals surface area contributed by atoms with Gasteiger partial charge >= 0.3 is 0 Å². The number of aryl methyl sites for hydroxylation is 1. The number of hydrogen-bond acceptors (Lipinski definition) is 3. The summed E-state index contributed by atoms with van der Waals surface area (Å²) in [4.78, 5) is 0. The summed E-state index contributed by atoms with van der Waals surface area (Å²) in [5.74, 6) is 1.65. The molecule has 1 aliphatic rings. The Kier molecular flexibility index (Phi) is 3.27. The Hall–Kier alpha value is -2.16. The molecule has 0 aliphatic carbocycles. The number of rotatable bonds is 3.